The Morgan fingerprint density at radius 1 is 0.508 bits per heavy atom. The number of nitrogens with zero attached hydrogens (tertiary/aromatic N) is 12. The predicted molar refractivity (Wildman–Crippen MR) is 247 cm³/mol. The highest BCUT2D eigenvalue weighted by atomic mass is 127. The fourth-order valence-corrected chi connectivity index (χ4v) is 7.75. The van der Waals surface area contributed by atoms with Gasteiger partial charge in [0.25, 0.3) is 0 Å². The van der Waals surface area contributed by atoms with Crippen molar-refractivity contribution in [3.05, 3.63) is 85.7 Å². The van der Waals surface area contributed by atoms with Crippen molar-refractivity contribution in [2.45, 2.75) is 59.0 Å². The molecule has 10 rings (SSSR count). The van der Waals surface area contributed by atoms with Gasteiger partial charge < -0.3 is 49.7 Å². The number of piperazine rings is 1. The molecule has 15 nitrogen and oxygen atoms in total. The van der Waals surface area contributed by atoms with Gasteiger partial charge in [0.15, 0.2) is 0 Å². The Bertz CT molecular complexity index is 2490. The Morgan fingerprint density at radius 2 is 0.951 bits per heavy atom. The Balaban J connectivity index is 0.000000194. The number of benzene rings is 2. The number of rotatable bonds is 8. The van der Waals surface area contributed by atoms with Gasteiger partial charge in [0.05, 0.1) is 47.2 Å². The molecule has 2 saturated heterocycles. The maximum Gasteiger partial charge on any atom is 0.228 e. The highest BCUT2D eigenvalue weighted by Crippen LogP contribution is 2.29. The molecule has 2 aromatic carbocycles. The van der Waals surface area contributed by atoms with Crippen LogP contribution in [0, 0.1) is 0 Å². The van der Waals surface area contributed by atoms with E-state index in [9.17, 15) is 0 Å². The third-order valence-corrected chi connectivity index (χ3v) is 10.8. The molecule has 0 unspecified atom stereocenters. The molecule has 8 aromatic rings. The largest absolute Gasteiger partial charge is 1.00 e. The second-order valence-corrected chi connectivity index (χ2v) is 15.5. The van der Waals surface area contributed by atoms with Gasteiger partial charge in [-0.1, -0.05) is 24.3 Å². The van der Waals surface area contributed by atoms with E-state index in [1.807, 2.05) is 70.8 Å². The van der Waals surface area contributed by atoms with Crippen LogP contribution >= 0.6 is 24.8 Å². The van der Waals surface area contributed by atoms with Gasteiger partial charge >= 0.3 is 0 Å². The number of nitrogens with one attached hydrogen (secondary N) is 3. The summed E-state index contributed by atoms with van der Waals surface area (Å²) in [5, 5.41) is 23.1. The molecule has 0 spiro atoms. The molecule has 2 aliphatic rings. The number of hydrogen-bond donors (Lipinski definition) is 3. The van der Waals surface area contributed by atoms with E-state index < -0.39 is 0 Å². The Hall–Kier alpha value is -5.17. The molecule has 0 saturated carbocycles. The van der Waals surface area contributed by atoms with E-state index in [4.69, 9.17) is 9.97 Å². The number of fused-ring (bicyclic) bond motifs is 6. The van der Waals surface area contributed by atoms with Crippen LogP contribution in [-0.2, 0) is 0 Å². The molecule has 2 aliphatic heterocycles. The fraction of sp³-hybridized carbons (Fsp3) is 0.349. The lowest BCUT2D eigenvalue weighted by molar-refractivity contribution is -0.0000127. The van der Waals surface area contributed by atoms with Crippen LogP contribution < -0.4 is 49.7 Å². The zero-order valence-electron chi connectivity index (χ0n) is 34.7. The zero-order valence-corrected chi connectivity index (χ0v) is 38.5. The minimum atomic E-state index is 0. The SMILES string of the molecule is CC(C)n1ncc2ccc3cnc(Nc4ccc(N5CCCCC5)cn4)nc3c21.CC(C)n1ncc2ccc3cnc(Nc4ccc(N5CCNCC5)cn4)nc3c21.Cl.Cl.[I-]. The first-order chi connectivity index (χ1) is 28.4. The third kappa shape index (κ3) is 9.82. The normalized spacial score (nSPS) is 14.1. The second-order valence-electron chi connectivity index (χ2n) is 15.5. The summed E-state index contributed by atoms with van der Waals surface area (Å²) < 4.78 is 4.02. The maximum absolute atomic E-state index is 4.79. The lowest BCUT2D eigenvalue weighted by atomic mass is 10.1. The minimum absolute atomic E-state index is 0. The molecular formula is C43H51Cl2IN15-. The average molecular weight is 976 g/mol. The molecule has 8 heterocycles. The first-order valence-corrected chi connectivity index (χ1v) is 20.3. The van der Waals surface area contributed by atoms with Crippen molar-refractivity contribution in [1.29, 1.82) is 0 Å². The van der Waals surface area contributed by atoms with Crippen LogP contribution in [0.1, 0.15) is 59.0 Å². The van der Waals surface area contributed by atoms with Gasteiger partial charge in [-0.2, -0.15) is 10.2 Å². The van der Waals surface area contributed by atoms with E-state index in [1.54, 1.807) is 0 Å². The van der Waals surface area contributed by atoms with Crippen molar-refractivity contribution in [1.82, 2.24) is 54.8 Å². The summed E-state index contributed by atoms with van der Waals surface area (Å²) in [5.41, 5.74) is 6.18. The van der Waals surface area contributed by atoms with E-state index in [1.165, 1.54) is 24.9 Å². The van der Waals surface area contributed by atoms with Crippen molar-refractivity contribution >= 4 is 103 Å². The highest BCUT2D eigenvalue weighted by Gasteiger charge is 2.16. The molecular weight excluding hydrogens is 924 g/mol. The number of halogens is 3. The molecule has 0 amide bonds. The summed E-state index contributed by atoms with van der Waals surface area (Å²) in [6, 6.07) is 16.9. The van der Waals surface area contributed by atoms with E-state index in [0.717, 1.165) is 100 Å². The molecule has 0 atom stereocenters. The molecule has 61 heavy (non-hydrogen) atoms. The van der Waals surface area contributed by atoms with Crippen LogP contribution in [0.2, 0.25) is 0 Å². The zero-order chi connectivity index (χ0) is 39.6. The van der Waals surface area contributed by atoms with Crippen LogP contribution in [-0.4, -0.2) is 88.7 Å². The van der Waals surface area contributed by atoms with Crippen LogP contribution in [0.3, 0.4) is 0 Å². The molecule has 18 heteroatoms. The standard InChI is InChI=1S/C22H25N7.C21H24N8.2ClH.HI/c1-15(2)29-21-17(13-25-29)7-6-16-12-24-22(27-20(16)21)26-19-9-8-18(14-23-19)28-10-4-3-5-11-28;1-14(2)29-20-16(12-25-29)4-3-15-11-24-21(27-19(15)20)26-18-6-5-17(13-23-18)28-9-7-22-8-10-28;;;/h6-9,12-15H,3-5,10-11H2,1-2H3,(H,23,24,26,27);3-6,11-14,22H,7-10H2,1-2H3,(H,23,24,26,27);3*1H/p-1. The van der Waals surface area contributed by atoms with Crippen molar-refractivity contribution in [3.63, 3.8) is 0 Å². The summed E-state index contributed by atoms with van der Waals surface area (Å²) in [6.45, 7) is 14.7. The molecule has 3 N–H and O–H groups in total. The van der Waals surface area contributed by atoms with E-state index in [-0.39, 0.29) is 60.9 Å². The highest BCUT2D eigenvalue weighted by molar-refractivity contribution is 6.04. The Morgan fingerprint density at radius 3 is 1.38 bits per heavy atom. The average Bonchev–Trinajstić information content (AvgIpc) is 3.92. The van der Waals surface area contributed by atoms with Gasteiger partial charge in [-0.15, -0.1) is 24.8 Å². The quantitative estimate of drug-likeness (QED) is 0.161. The smallest absolute Gasteiger partial charge is 0.228 e. The van der Waals surface area contributed by atoms with Gasteiger partial charge in [-0.05, 0) is 71.2 Å². The molecule has 2 fully saturated rings. The van der Waals surface area contributed by atoms with Gasteiger partial charge in [0.1, 0.15) is 22.7 Å². The van der Waals surface area contributed by atoms with Crippen molar-refractivity contribution in [2.75, 3.05) is 59.7 Å². The summed E-state index contributed by atoms with van der Waals surface area (Å²) in [6.07, 6.45) is 15.2. The van der Waals surface area contributed by atoms with Crippen LogP contribution in [0.15, 0.2) is 85.7 Å². The van der Waals surface area contributed by atoms with Crippen LogP contribution in [0.25, 0.3) is 43.6 Å². The summed E-state index contributed by atoms with van der Waals surface area (Å²) in [4.78, 5) is 32.4. The third-order valence-electron chi connectivity index (χ3n) is 10.8. The number of pyridine rings is 2. The van der Waals surface area contributed by atoms with Crippen molar-refractivity contribution < 1.29 is 24.0 Å². The van der Waals surface area contributed by atoms with Gasteiger partial charge in [0.2, 0.25) is 11.9 Å². The fourth-order valence-electron chi connectivity index (χ4n) is 7.75. The lowest BCUT2D eigenvalue weighted by Crippen LogP contribution is -3.00. The first-order valence-electron chi connectivity index (χ1n) is 20.3. The first kappa shape index (κ1) is 45.4. The van der Waals surface area contributed by atoms with Crippen molar-refractivity contribution in [2.24, 2.45) is 0 Å². The van der Waals surface area contributed by atoms with Crippen LogP contribution in [0.4, 0.5) is 34.9 Å². The van der Waals surface area contributed by atoms with Crippen molar-refractivity contribution in [3.8, 4) is 0 Å². The summed E-state index contributed by atoms with van der Waals surface area (Å²) in [5.74, 6) is 2.55. The van der Waals surface area contributed by atoms with Crippen LogP contribution in [0.5, 0.6) is 0 Å². The van der Waals surface area contributed by atoms with E-state index in [2.05, 4.69) is 108 Å². The second kappa shape index (κ2) is 20.1. The van der Waals surface area contributed by atoms with E-state index >= 15 is 0 Å². The Labute approximate surface area is 384 Å². The lowest BCUT2D eigenvalue weighted by Gasteiger charge is -2.29. The van der Waals surface area contributed by atoms with E-state index in [0.29, 0.717) is 11.9 Å². The number of aromatic nitrogens is 10. The number of piperidine rings is 1. The molecule has 6 aromatic heterocycles. The number of hydrogen-bond acceptors (Lipinski definition) is 13. The maximum atomic E-state index is 4.79. The molecule has 0 radical (unpaired) electrons. The molecule has 0 aliphatic carbocycles. The van der Waals surface area contributed by atoms with Gasteiger partial charge in [-0.3, -0.25) is 9.36 Å². The monoisotopic (exact) mass is 974 g/mol. The topological polar surface area (TPSA) is 156 Å². The molecule has 0 bridgehead atoms. The number of anilines is 6. The van der Waals surface area contributed by atoms with Gasteiger partial charge in [-0.25, -0.2) is 29.9 Å². The predicted octanol–water partition coefficient (Wildman–Crippen LogP) is 5.65. The molecule has 320 valence electrons. The summed E-state index contributed by atoms with van der Waals surface area (Å²) >= 11 is 0. The minimum Gasteiger partial charge on any atom is -1.00 e. The summed E-state index contributed by atoms with van der Waals surface area (Å²) in [7, 11) is 0. The Kier molecular flexibility index (Phi) is 15.0. The van der Waals surface area contributed by atoms with Gasteiger partial charge in [0, 0.05) is 85.3 Å².